The molecule has 146 valence electrons. The van der Waals surface area contributed by atoms with Gasteiger partial charge in [-0.15, -0.1) is 0 Å². The predicted molar refractivity (Wildman–Crippen MR) is 98.6 cm³/mol. The van der Waals surface area contributed by atoms with Gasteiger partial charge in [0.15, 0.2) is 0 Å². The molecule has 2 heterocycles. The number of amides is 1. The number of pyridine rings is 2. The first-order valence-electron chi connectivity index (χ1n) is 8.38. The Bertz CT molecular complexity index is 793. The number of rotatable bonds is 6. The van der Waals surface area contributed by atoms with Gasteiger partial charge in [0.2, 0.25) is 5.88 Å². The Kier molecular flexibility index (Phi) is 6.68. The van der Waals surface area contributed by atoms with Crippen molar-refractivity contribution in [1.29, 1.82) is 0 Å². The molecule has 1 unspecified atom stereocenters. The molecule has 0 radical (unpaired) electrons. The standard InChI is InChI=1S/C19H24FN3O4/c1-19(2,3)27-18(24)23-16-8-12(6-7-21-16)15(11-25-4)14-9-13(20)10-22-17(14)26-5/h6-10,15H,11H2,1-5H3,(H,21,23,24). The quantitative estimate of drug-likeness (QED) is 0.826. The molecular formula is C19H24FN3O4. The smallest absolute Gasteiger partial charge is 0.413 e. The van der Waals surface area contributed by atoms with Gasteiger partial charge in [0, 0.05) is 24.8 Å². The lowest BCUT2D eigenvalue weighted by Crippen LogP contribution is -2.27. The highest BCUT2D eigenvalue weighted by molar-refractivity contribution is 5.83. The second-order valence-electron chi connectivity index (χ2n) is 6.86. The van der Waals surface area contributed by atoms with E-state index >= 15 is 0 Å². The Morgan fingerprint density at radius 3 is 2.63 bits per heavy atom. The van der Waals surface area contributed by atoms with Crippen molar-refractivity contribution in [2.45, 2.75) is 32.3 Å². The van der Waals surface area contributed by atoms with Crippen molar-refractivity contribution in [3.8, 4) is 5.88 Å². The highest BCUT2D eigenvalue weighted by Gasteiger charge is 2.22. The van der Waals surface area contributed by atoms with Gasteiger partial charge in [0.05, 0.1) is 19.9 Å². The lowest BCUT2D eigenvalue weighted by Gasteiger charge is -2.21. The second kappa shape index (κ2) is 8.77. The number of methoxy groups -OCH3 is 2. The van der Waals surface area contributed by atoms with E-state index in [9.17, 15) is 9.18 Å². The molecule has 7 nitrogen and oxygen atoms in total. The van der Waals surface area contributed by atoms with Crippen LogP contribution in [0.5, 0.6) is 5.88 Å². The van der Waals surface area contributed by atoms with Crippen LogP contribution in [0.4, 0.5) is 15.0 Å². The summed E-state index contributed by atoms with van der Waals surface area (Å²) in [6.45, 7) is 5.58. The van der Waals surface area contributed by atoms with E-state index in [0.29, 0.717) is 17.3 Å². The summed E-state index contributed by atoms with van der Waals surface area (Å²) in [4.78, 5) is 20.1. The Hall–Kier alpha value is -2.74. The van der Waals surface area contributed by atoms with Gasteiger partial charge in [-0.25, -0.2) is 19.2 Å². The molecule has 8 heteroatoms. The van der Waals surface area contributed by atoms with Gasteiger partial charge in [-0.1, -0.05) is 0 Å². The number of anilines is 1. The molecule has 0 aliphatic carbocycles. The zero-order chi connectivity index (χ0) is 20.0. The maximum atomic E-state index is 13.8. The molecule has 0 fully saturated rings. The number of hydrogen-bond donors (Lipinski definition) is 1. The molecule has 0 bridgehead atoms. The van der Waals surface area contributed by atoms with Crippen LogP contribution in [0.1, 0.15) is 37.8 Å². The second-order valence-corrected chi connectivity index (χ2v) is 6.86. The van der Waals surface area contributed by atoms with Gasteiger partial charge < -0.3 is 14.2 Å². The van der Waals surface area contributed by atoms with Crippen molar-refractivity contribution in [2.75, 3.05) is 26.1 Å². The van der Waals surface area contributed by atoms with Crippen molar-refractivity contribution in [3.05, 3.63) is 47.5 Å². The first-order valence-corrected chi connectivity index (χ1v) is 8.38. The van der Waals surface area contributed by atoms with E-state index < -0.39 is 17.5 Å². The highest BCUT2D eigenvalue weighted by Crippen LogP contribution is 2.32. The molecule has 27 heavy (non-hydrogen) atoms. The third kappa shape index (κ3) is 5.89. The molecule has 0 aliphatic rings. The summed E-state index contributed by atoms with van der Waals surface area (Å²) in [6, 6.07) is 4.79. The normalized spacial score (nSPS) is 12.4. The maximum absolute atomic E-state index is 13.8. The molecule has 2 aromatic heterocycles. The molecular weight excluding hydrogens is 353 g/mol. The number of carbonyl (C=O) groups excluding carboxylic acids is 1. The fourth-order valence-electron chi connectivity index (χ4n) is 2.53. The molecule has 0 aromatic carbocycles. The number of nitrogens with one attached hydrogen (secondary N) is 1. The van der Waals surface area contributed by atoms with Crippen LogP contribution in [0.15, 0.2) is 30.6 Å². The summed E-state index contributed by atoms with van der Waals surface area (Å²) in [6.07, 6.45) is 2.03. The van der Waals surface area contributed by atoms with Gasteiger partial charge >= 0.3 is 6.09 Å². The van der Waals surface area contributed by atoms with Crippen LogP contribution in [0.2, 0.25) is 0 Å². The minimum atomic E-state index is -0.624. The third-order valence-electron chi connectivity index (χ3n) is 3.56. The average molecular weight is 377 g/mol. The molecule has 0 aliphatic heterocycles. The Morgan fingerprint density at radius 2 is 2.00 bits per heavy atom. The first-order chi connectivity index (χ1) is 12.7. The number of halogens is 1. The Morgan fingerprint density at radius 1 is 1.26 bits per heavy atom. The van der Waals surface area contributed by atoms with Crippen molar-refractivity contribution in [1.82, 2.24) is 9.97 Å². The molecule has 0 saturated carbocycles. The number of ether oxygens (including phenoxy) is 3. The molecule has 2 rings (SSSR count). The summed E-state index contributed by atoms with van der Waals surface area (Å²) in [5, 5.41) is 2.59. The van der Waals surface area contributed by atoms with Gasteiger partial charge in [0.1, 0.15) is 17.2 Å². The topological polar surface area (TPSA) is 82.6 Å². The zero-order valence-corrected chi connectivity index (χ0v) is 16.1. The van der Waals surface area contributed by atoms with Crippen molar-refractivity contribution >= 4 is 11.9 Å². The zero-order valence-electron chi connectivity index (χ0n) is 16.1. The molecule has 0 spiro atoms. The molecule has 1 atom stereocenters. The van der Waals surface area contributed by atoms with Gasteiger partial charge in [0.25, 0.3) is 0 Å². The van der Waals surface area contributed by atoms with E-state index in [0.717, 1.165) is 11.8 Å². The van der Waals surface area contributed by atoms with Crippen LogP contribution in [-0.4, -0.2) is 42.5 Å². The van der Waals surface area contributed by atoms with Crippen LogP contribution in [0.3, 0.4) is 0 Å². The fourth-order valence-corrected chi connectivity index (χ4v) is 2.53. The lowest BCUT2D eigenvalue weighted by molar-refractivity contribution is 0.0635. The summed E-state index contributed by atoms with van der Waals surface area (Å²) in [5.41, 5.74) is 0.665. The van der Waals surface area contributed by atoms with E-state index in [1.807, 2.05) is 0 Å². The maximum Gasteiger partial charge on any atom is 0.413 e. The summed E-state index contributed by atoms with van der Waals surface area (Å²) in [5.74, 6) is -0.230. The largest absolute Gasteiger partial charge is 0.481 e. The van der Waals surface area contributed by atoms with Crippen molar-refractivity contribution < 1.29 is 23.4 Å². The summed E-state index contributed by atoms with van der Waals surface area (Å²) < 4.78 is 29.6. The third-order valence-corrected chi connectivity index (χ3v) is 3.56. The lowest BCUT2D eigenvalue weighted by atomic mass is 9.93. The number of hydrogen-bond acceptors (Lipinski definition) is 6. The van der Waals surface area contributed by atoms with E-state index in [1.165, 1.54) is 13.2 Å². The Labute approximate surface area is 157 Å². The van der Waals surface area contributed by atoms with Crippen molar-refractivity contribution in [2.24, 2.45) is 0 Å². The monoisotopic (exact) mass is 377 g/mol. The van der Waals surface area contributed by atoms with Gasteiger partial charge in [-0.05, 0) is 44.5 Å². The van der Waals surface area contributed by atoms with Crippen LogP contribution < -0.4 is 10.1 Å². The fraction of sp³-hybridized carbons (Fsp3) is 0.421. The average Bonchev–Trinajstić information content (AvgIpc) is 2.58. The first kappa shape index (κ1) is 20.6. The van der Waals surface area contributed by atoms with E-state index in [2.05, 4.69) is 15.3 Å². The SMILES string of the molecule is COCC(c1ccnc(NC(=O)OC(C)(C)C)c1)c1cc(F)cnc1OC. The van der Waals surface area contributed by atoms with Crippen LogP contribution in [-0.2, 0) is 9.47 Å². The molecule has 2 aromatic rings. The minimum Gasteiger partial charge on any atom is -0.481 e. The van der Waals surface area contributed by atoms with E-state index in [-0.39, 0.29) is 12.5 Å². The number of carbonyl (C=O) groups is 1. The number of aromatic nitrogens is 2. The van der Waals surface area contributed by atoms with Crippen molar-refractivity contribution in [3.63, 3.8) is 0 Å². The molecule has 0 saturated heterocycles. The highest BCUT2D eigenvalue weighted by atomic mass is 19.1. The minimum absolute atomic E-state index is 0.261. The molecule has 1 N–H and O–H groups in total. The van der Waals surface area contributed by atoms with Gasteiger partial charge in [-0.2, -0.15) is 0 Å². The van der Waals surface area contributed by atoms with E-state index in [4.69, 9.17) is 14.2 Å². The van der Waals surface area contributed by atoms with Crippen LogP contribution in [0, 0.1) is 5.82 Å². The predicted octanol–water partition coefficient (Wildman–Crippen LogP) is 3.75. The summed E-state index contributed by atoms with van der Waals surface area (Å²) in [7, 11) is 3.02. The Balaban J connectivity index is 2.33. The van der Waals surface area contributed by atoms with E-state index in [1.54, 1.807) is 46.2 Å². The summed E-state index contributed by atoms with van der Waals surface area (Å²) >= 11 is 0. The number of nitrogens with zero attached hydrogens (tertiary/aromatic N) is 2. The molecule has 1 amide bonds. The van der Waals surface area contributed by atoms with Crippen LogP contribution >= 0.6 is 0 Å². The van der Waals surface area contributed by atoms with Crippen LogP contribution in [0.25, 0.3) is 0 Å². The van der Waals surface area contributed by atoms with Gasteiger partial charge in [-0.3, -0.25) is 5.32 Å².